The first-order valence-electron chi connectivity index (χ1n) is 5.58. The molecule has 0 spiro atoms. The number of alkyl halides is 1. The zero-order valence-electron chi connectivity index (χ0n) is 9.51. The second-order valence-electron chi connectivity index (χ2n) is 3.85. The molecule has 0 unspecified atom stereocenters. The standard InChI is InChI=1S/C12H13ClF2N2/c1-2-7-17-10(5-6-13)16-9-4-3-8(14)11(15)12(9)17/h3-4H,2,5-7H2,1H3. The Morgan fingerprint density at radius 3 is 2.76 bits per heavy atom. The Hall–Kier alpha value is -1.16. The Labute approximate surface area is 103 Å². The van der Waals surface area contributed by atoms with Crippen molar-refractivity contribution in [3.05, 3.63) is 29.6 Å². The maximum Gasteiger partial charge on any atom is 0.184 e. The highest BCUT2D eigenvalue weighted by Crippen LogP contribution is 2.22. The number of imidazole rings is 1. The first kappa shape index (κ1) is 12.3. The molecule has 2 rings (SSSR count). The topological polar surface area (TPSA) is 17.8 Å². The third kappa shape index (κ3) is 2.14. The van der Waals surface area contributed by atoms with Crippen molar-refractivity contribution in [2.75, 3.05) is 5.88 Å². The van der Waals surface area contributed by atoms with Gasteiger partial charge in [-0.2, -0.15) is 0 Å². The Balaban J connectivity index is 2.68. The lowest BCUT2D eigenvalue weighted by Crippen LogP contribution is -2.05. The van der Waals surface area contributed by atoms with E-state index in [-0.39, 0.29) is 5.52 Å². The van der Waals surface area contributed by atoms with Crippen molar-refractivity contribution < 1.29 is 8.78 Å². The van der Waals surface area contributed by atoms with Gasteiger partial charge in [0.2, 0.25) is 0 Å². The van der Waals surface area contributed by atoms with Crippen LogP contribution in [0.4, 0.5) is 8.78 Å². The van der Waals surface area contributed by atoms with Crippen molar-refractivity contribution in [3.8, 4) is 0 Å². The number of nitrogens with zero attached hydrogens (tertiary/aromatic N) is 2. The van der Waals surface area contributed by atoms with Crippen molar-refractivity contribution in [3.63, 3.8) is 0 Å². The average molecular weight is 259 g/mol. The lowest BCUT2D eigenvalue weighted by atomic mass is 10.3. The maximum atomic E-state index is 13.8. The maximum absolute atomic E-state index is 13.8. The molecule has 0 saturated heterocycles. The fourth-order valence-corrected chi connectivity index (χ4v) is 2.11. The van der Waals surface area contributed by atoms with Crippen LogP contribution in [0.2, 0.25) is 0 Å². The third-order valence-electron chi connectivity index (χ3n) is 2.64. The molecule has 0 bridgehead atoms. The first-order valence-corrected chi connectivity index (χ1v) is 6.11. The third-order valence-corrected chi connectivity index (χ3v) is 2.83. The first-order chi connectivity index (χ1) is 8.19. The van der Waals surface area contributed by atoms with E-state index in [4.69, 9.17) is 11.6 Å². The molecule has 92 valence electrons. The number of hydrogen-bond acceptors (Lipinski definition) is 1. The molecule has 2 nitrogen and oxygen atoms in total. The molecule has 0 fully saturated rings. The summed E-state index contributed by atoms with van der Waals surface area (Å²) in [5, 5.41) is 0. The molecule has 17 heavy (non-hydrogen) atoms. The Morgan fingerprint density at radius 1 is 1.35 bits per heavy atom. The van der Waals surface area contributed by atoms with Crippen LogP contribution in [0.25, 0.3) is 11.0 Å². The minimum Gasteiger partial charge on any atom is -0.325 e. The zero-order valence-corrected chi connectivity index (χ0v) is 10.3. The molecule has 5 heteroatoms. The van der Waals surface area contributed by atoms with Crippen LogP contribution < -0.4 is 0 Å². The van der Waals surface area contributed by atoms with Gasteiger partial charge in [0.25, 0.3) is 0 Å². The van der Waals surface area contributed by atoms with E-state index < -0.39 is 11.6 Å². The van der Waals surface area contributed by atoms with E-state index >= 15 is 0 Å². The molecular formula is C12H13ClF2N2. The number of halogens is 3. The van der Waals surface area contributed by atoms with Gasteiger partial charge in [-0.25, -0.2) is 13.8 Å². The number of aromatic nitrogens is 2. The number of hydrogen-bond donors (Lipinski definition) is 0. The molecule has 0 atom stereocenters. The van der Waals surface area contributed by atoms with Crippen LogP contribution >= 0.6 is 11.6 Å². The van der Waals surface area contributed by atoms with E-state index in [9.17, 15) is 8.78 Å². The fourth-order valence-electron chi connectivity index (χ4n) is 1.95. The highest BCUT2D eigenvalue weighted by Gasteiger charge is 2.16. The van der Waals surface area contributed by atoms with Crippen molar-refractivity contribution in [2.24, 2.45) is 0 Å². The van der Waals surface area contributed by atoms with Gasteiger partial charge in [0.05, 0.1) is 5.52 Å². The van der Waals surface area contributed by atoms with Gasteiger partial charge >= 0.3 is 0 Å². The van der Waals surface area contributed by atoms with Gasteiger partial charge in [0.1, 0.15) is 11.3 Å². The Kier molecular flexibility index (Phi) is 3.62. The second kappa shape index (κ2) is 5.00. The highest BCUT2D eigenvalue weighted by molar-refractivity contribution is 6.17. The number of benzene rings is 1. The summed E-state index contributed by atoms with van der Waals surface area (Å²) in [5.74, 6) is -0.547. The van der Waals surface area contributed by atoms with E-state index in [0.29, 0.717) is 30.2 Å². The number of aryl methyl sites for hydroxylation is 2. The molecule has 0 amide bonds. The quantitative estimate of drug-likeness (QED) is 0.768. The van der Waals surface area contributed by atoms with Gasteiger partial charge in [-0.15, -0.1) is 11.6 Å². The van der Waals surface area contributed by atoms with Crippen molar-refractivity contribution >= 4 is 22.6 Å². The molecular weight excluding hydrogens is 246 g/mol. The Bertz CT molecular complexity index is 537. The molecule has 0 saturated carbocycles. The minimum absolute atomic E-state index is 0.243. The molecule has 1 heterocycles. The van der Waals surface area contributed by atoms with E-state index in [1.807, 2.05) is 6.92 Å². The number of rotatable bonds is 4. The summed E-state index contributed by atoms with van der Waals surface area (Å²) >= 11 is 5.69. The lowest BCUT2D eigenvalue weighted by molar-refractivity contribution is 0.509. The Morgan fingerprint density at radius 2 is 2.12 bits per heavy atom. The zero-order chi connectivity index (χ0) is 12.4. The van der Waals surface area contributed by atoms with Gasteiger partial charge in [0, 0.05) is 18.8 Å². The van der Waals surface area contributed by atoms with Gasteiger partial charge < -0.3 is 4.57 Å². The van der Waals surface area contributed by atoms with Crippen LogP contribution in [0.1, 0.15) is 19.2 Å². The van der Waals surface area contributed by atoms with E-state index in [1.54, 1.807) is 4.57 Å². The molecule has 0 radical (unpaired) electrons. The fraction of sp³-hybridized carbons (Fsp3) is 0.417. The predicted octanol–water partition coefficient (Wildman–Crippen LogP) is 3.51. The normalized spacial score (nSPS) is 11.3. The van der Waals surface area contributed by atoms with E-state index in [0.717, 1.165) is 12.5 Å². The van der Waals surface area contributed by atoms with Gasteiger partial charge in [0.15, 0.2) is 11.6 Å². The summed E-state index contributed by atoms with van der Waals surface area (Å²) in [6, 6.07) is 2.60. The van der Waals surface area contributed by atoms with Crippen molar-refractivity contribution in [2.45, 2.75) is 26.3 Å². The van der Waals surface area contributed by atoms with Crippen LogP contribution in [0, 0.1) is 11.6 Å². The SMILES string of the molecule is CCCn1c(CCCl)nc2ccc(F)c(F)c21. The average Bonchev–Trinajstić information content (AvgIpc) is 2.64. The molecule has 0 aliphatic heterocycles. The summed E-state index contributed by atoms with van der Waals surface area (Å²) < 4.78 is 28.7. The predicted molar refractivity (Wildman–Crippen MR) is 64.4 cm³/mol. The summed E-state index contributed by atoms with van der Waals surface area (Å²) in [7, 11) is 0. The van der Waals surface area contributed by atoms with E-state index in [2.05, 4.69) is 4.98 Å². The van der Waals surface area contributed by atoms with Gasteiger partial charge in [-0.1, -0.05) is 6.92 Å². The molecule has 1 aromatic heterocycles. The highest BCUT2D eigenvalue weighted by atomic mass is 35.5. The molecule has 1 aromatic carbocycles. The smallest absolute Gasteiger partial charge is 0.184 e. The van der Waals surface area contributed by atoms with Crippen molar-refractivity contribution in [1.29, 1.82) is 0 Å². The molecule has 2 aromatic rings. The summed E-state index contributed by atoms with van der Waals surface area (Å²) in [6.07, 6.45) is 1.38. The summed E-state index contributed by atoms with van der Waals surface area (Å²) in [6.45, 7) is 2.59. The van der Waals surface area contributed by atoms with Gasteiger partial charge in [-0.05, 0) is 18.6 Å². The van der Waals surface area contributed by atoms with Crippen LogP contribution in [0.5, 0.6) is 0 Å². The van der Waals surface area contributed by atoms with Crippen LogP contribution in [0.3, 0.4) is 0 Å². The van der Waals surface area contributed by atoms with Crippen LogP contribution in [-0.2, 0) is 13.0 Å². The molecule has 0 aliphatic rings. The monoisotopic (exact) mass is 258 g/mol. The molecule has 0 N–H and O–H groups in total. The lowest BCUT2D eigenvalue weighted by Gasteiger charge is -2.07. The summed E-state index contributed by atoms with van der Waals surface area (Å²) in [5.41, 5.74) is 0.726. The summed E-state index contributed by atoms with van der Waals surface area (Å²) in [4.78, 5) is 4.29. The minimum atomic E-state index is -0.841. The second-order valence-corrected chi connectivity index (χ2v) is 4.23. The van der Waals surface area contributed by atoms with Crippen LogP contribution in [0.15, 0.2) is 12.1 Å². The molecule has 0 aliphatic carbocycles. The largest absolute Gasteiger partial charge is 0.325 e. The van der Waals surface area contributed by atoms with E-state index in [1.165, 1.54) is 6.07 Å². The van der Waals surface area contributed by atoms with Gasteiger partial charge in [-0.3, -0.25) is 0 Å². The number of fused-ring (bicyclic) bond motifs is 1. The van der Waals surface area contributed by atoms with Crippen LogP contribution in [-0.4, -0.2) is 15.4 Å². The van der Waals surface area contributed by atoms with Crippen molar-refractivity contribution in [1.82, 2.24) is 9.55 Å².